The van der Waals surface area contributed by atoms with Crippen molar-refractivity contribution >= 4 is 33.6 Å². The summed E-state index contributed by atoms with van der Waals surface area (Å²) in [5.74, 6) is -0.000320. The van der Waals surface area contributed by atoms with Gasteiger partial charge in [0.05, 0.1) is 5.92 Å². The van der Waals surface area contributed by atoms with Crippen LogP contribution >= 0.6 is 15.9 Å². The van der Waals surface area contributed by atoms with Crippen LogP contribution in [0.1, 0.15) is 34.1 Å². The number of nitrogens with one attached hydrogen (secondary N) is 1. The van der Waals surface area contributed by atoms with Crippen molar-refractivity contribution in [3.05, 3.63) is 105 Å². The molecule has 0 radical (unpaired) electrons. The first-order chi connectivity index (χ1) is 13.2. The van der Waals surface area contributed by atoms with Crippen molar-refractivity contribution in [2.75, 3.05) is 5.32 Å². The van der Waals surface area contributed by atoms with Crippen LogP contribution in [0.25, 0.3) is 6.08 Å². The number of hydrogen-bond acceptors (Lipinski definition) is 1. The first-order valence-electron chi connectivity index (χ1n) is 9.14. The van der Waals surface area contributed by atoms with Crippen LogP contribution in [0.5, 0.6) is 0 Å². The monoisotopic (exact) mass is 415 g/mol. The molecule has 0 saturated carbocycles. The molecule has 0 aromatic heterocycles. The van der Waals surface area contributed by atoms with Crippen molar-refractivity contribution in [1.82, 2.24) is 0 Å². The van der Waals surface area contributed by atoms with Gasteiger partial charge in [-0.3, -0.25) is 4.79 Å². The molecule has 2 unspecified atom stereocenters. The number of fused-ring (bicyclic) bond motifs is 2. The summed E-state index contributed by atoms with van der Waals surface area (Å²) in [5.41, 5.74) is 7.09. The third-order valence-electron chi connectivity index (χ3n) is 5.56. The highest BCUT2D eigenvalue weighted by Crippen LogP contribution is 2.50. The molecular formula is C24H18BrNO. The minimum Gasteiger partial charge on any atom is -0.325 e. The van der Waals surface area contributed by atoms with Crippen molar-refractivity contribution in [1.29, 1.82) is 0 Å². The van der Waals surface area contributed by atoms with Gasteiger partial charge in [-0.15, -0.1) is 0 Å². The van der Waals surface area contributed by atoms with Gasteiger partial charge >= 0.3 is 0 Å². The fourth-order valence-corrected chi connectivity index (χ4v) is 4.64. The number of halogens is 1. The summed E-state index contributed by atoms with van der Waals surface area (Å²) in [6, 6.07) is 25.0. The van der Waals surface area contributed by atoms with E-state index in [2.05, 4.69) is 81.9 Å². The predicted octanol–water partition coefficient (Wildman–Crippen LogP) is 5.91. The van der Waals surface area contributed by atoms with E-state index >= 15 is 0 Å². The Morgan fingerprint density at radius 3 is 2.33 bits per heavy atom. The summed E-state index contributed by atoms with van der Waals surface area (Å²) in [6.45, 7) is 0. The maximum Gasteiger partial charge on any atom is 0.232 e. The number of para-hydroxylation sites is 1. The number of carbonyl (C=O) groups is 1. The zero-order chi connectivity index (χ0) is 18.4. The molecule has 3 aromatic carbocycles. The highest BCUT2D eigenvalue weighted by Gasteiger charge is 2.41. The van der Waals surface area contributed by atoms with E-state index in [1.165, 1.54) is 22.3 Å². The van der Waals surface area contributed by atoms with Crippen molar-refractivity contribution in [2.24, 2.45) is 0 Å². The second kappa shape index (κ2) is 6.50. The van der Waals surface area contributed by atoms with Crippen LogP contribution in [0.4, 0.5) is 5.69 Å². The van der Waals surface area contributed by atoms with Crippen molar-refractivity contribution in [3.63, 3.8) is 0 Å². The molecule has 0 spiro atoms. The van der Waals surface area contributed by atoms with Gasteiger partial charge < -0.3 is 5.32 Å². The van der Waals surface area contributed by atoms with Gasteiger partial charge in [-0.25, -0.2) is 0 Å². The molecule has 2 aliphatic rings. The number of amides is 1. The van der Waals surface area contributed by atoms with Gasteiger partial charge in [0.1, 0.15) is 0 Å². The quantitative estimate of drug-likeness (QED) is 0.565. The van der Waals surface area contributed by atoms with Crippen LogP contribution in [0.15, 0.2) is 82.8 Å². The zero-order valence-electron chi connectivity index (χ0n) is 14.7. The van der Waals surface area contributed by atoms with E-state index in [4.69, 9.17) is 0 Å². The number of carbonyl (C=O) groups excluding carboxylic acids is 1. The van der Waals surface area contributed by atoms with E-state index in [0.717, 1.165) is 22.1 Å². The Hall–Kier alpha value is -2.65. The van der Waals surface area contributed by atoms with E-state index in [1.54, 1.807) is 0 Å². The fraction of sp³-hybridized carbons (Fsp3) is 0.125. The van der Waals surface area contributed by atoms with E-state index < -0.39 is 0 Å². The maximum absolute atomic E-state index is 12.9. The summed E-state index contributed by atoms with van der Waals surface area (Å²) in [4.78, 5) is 12.9. The maximum atomic E-state index is 12.9. The molecule has 1 amide bonds. The molecule has 27 heavy (non-hydrogen) atoms. The highest BCUT2D eigenvalue weighted by molar-refractivity contribution is 9.10. The molecule has 1 heterocycles. The summed E-state index contributed by atoms with van der Waals surface area (Å²) in [7, 11) is 0. The van der Waals surface area contributed by atoms with Gasteiger partial charge in [0.25, 0.3) is 0 Å². The van der Waals surface area contributed by atoms with Gasteiger partial charge in [0, 0.05) is 16.1 Å². The minimum absolute atomic E-state index is 0.0773. The van der Waals surface area contributed by atoms with Crippen LogP contribution in [0, 0.1) is 0 Å². The van der Waals surface area contributed by atoms with Crippen LogP contribution in [-0.4, -0.2) is 5.91 Å². The number of allylic oxidation sites excluding steroid dienone is 1. The van der Waals surface area contributed by atoms with Crippen LogP contribution in [-0.2, 0) is 11.2 Å². The summed E-state index contributed by atoms with van der Waals surface area (Å²) < 4.78 is 1.08. The lowest BCUT2D eigenvalue weighted by Crippen LogP contribution is -2.20. The van der Waals surface area contributed by atoms with Gasteiger partial charge in [-0.1, -0.05) is 82.2 Å². The smallest absolute Gasteiger partial charge is 0.232 e. The molecule has 1 N–H and O–H groups in total. The highest BCUT2D eigenvalue weighted by atomic mass is 79.9. The second-order valence-corrected chi connectivity index (χ2v) is 8.10. The number of hydrogen-bond donors (Lipinski definition) is 1. The molecule has 2 nitrogen and oxygen atoms in total. The minimum atomic E-state index is -0.174. The molecule has 132 valence electrons. The van der Waals surface area contributed by atoms with Crippen LogP contribution < -0.4 is 5.32 Å². The Morgan fingerprint density at radius 2 is 1.52 bits per heavy atom. The number of benzene rings is 3. The molecular weight excluding hydrogens is 398 g/mol. The molecule has 3 aromatic rings. The molecule has 5 rings (SSSR count). The first kappa shape index (κ1) is 16.5. The van der Waals surface area contributed by atoms with Gasteiger partial charge in [-0.05, 0) is 46.9 Å². The van der Waals surface area contributed by atoms with Gasteiger partial charge in [0.15, 0.2) is 0 Å². The van der Waals surface area contributed by atoms with Crippen LogP contribution in [0.3, 0.4) is 0 Å². The number of rotatable bonds is 3. The second-order valence-electron chi connectivity index (χ2n) is 7.18. The van der Waals surface area contributed by atoms with Crippen molar-refractivity contribution in [2.45, 2.75) is 18.3 Å². The average molecular weight is 416 g/mol. The standard InChI is InChI=1S/C24H18BrNO/c25-18-11-9-15(10-12-18)13-17-14-16-5-1-2-6-19(16)22(17)23-20-7-3-4-8-21(20)26-24(23)27/h1-12,14,22-23H,13H2,(H,26,27). The average Bonchev–Trinajstić information content (AvgIpc) is 3.19. The van der Waals surface area contributed by atoms with Crippen LogP contribution in [0.2, 0.25) is 0 Å². The summed E-state index contributed by atoms with van der Waals surface area (Å²) >= 11 is 3.51. The lowest BCUT2D eigenvalue weighted by Gasteiger charge is -2.23. The Bertz CT molecular complexity index is 1070. The Labute approximate surface area is 167 Å². The Kier molecular flexibility index (Phi) is 3.98. The molecule has 2 atom stereocenters. The molecule has 0 bridgehead atoms. The van der Waals surface area contributed by atoms with Crippen molar-refractivity contribution < 1.29 is 4.79 Å². The topological polar surface area (TPSA) is 29.1 Å². The van der Waals surface area contributed by atoms with Gasteiger partial charge in [0.2, 0.25) is 5.91 Å². The van der Waals surface area contributed by atoms with Crippen molar-refractivity contribution in [3.8, 4) is 0 Å². The summed E-state index contributed by atoms with van der Waals surface area (Å²) in [6.07, 6.45) is 3.12. The van der Waals surface area contributed by atoms with E-state index in [1.807, 2.05) is 18.2 Å². The number of anilines is 1. The molecule has 1 aliphatic heterocycles. The summed E-state index contributed by atoms with van der Waals surface area (Å²) in [5, 5.41) is 3.07. The first-order valence-corrected chi connectivity index (χ1v) is 9.93. The SMILES string of the molecule is O=C1Nc2ccccc2C1C1C(Cc2ccc(Br)cc2)=Cc2ccccc21. The largest absolute Gasteiger partial charge is 0.325 e. The Morgan fingerprint density at radius 1 is 0.815 bits per heavy atom. The third kappa shape index (κ3) is 2.83. The normalized spacial score (nSPS) is 20.0. The lowest BCUT2D eigenvalue weighted by molar-refractivity contribution is -0.117. The van der Waals surface area contributed by atoms with E-state index in [0.29, 0.717) is 0 Å². The molecule has 0 fully saturated rings. The lowest BCUT2D eigenvalue weighted by atomic mass is 9.78. The van der Waals surface area contributed by atoms with E-state index in [-0.39, 0.29) is 17.7 Å². The zero-order valence-corrected chi connectivity index (χ0v) is 16.2. The Balaban J connectivity index is 1.59. The fourth-order valence-electron chi connectivity index (χ4n) is 4.37. The molecule has 1 aliphatic carbocycles. The predicted molar refractivity (Wildman–Crippen MR) is 113 cm³/mol. The molecule has 0 saturated heterocycles. The van der Waals surface area contributed by atoms with Gasteiger partial charge in [-0.2, -0.15) is 0 Å². The van der Waals surface area contributed by atoms with E-state index in [9.17, 15) is 4.79 Å². The molecule has 3 heteroatoms. The third-order valence-corrected chi connectivity index (χ3v) is 6.09.